The van der Waals surface area contributed by atoms with Crippen molar-refractivity contribution in [2.24, 2.45) is 10.7 Å². The summed E-state index contributed by atoms with van der Waals surface area (Å²) in [5, 5.41) is 2.79. The van der Waals surface area contributed by atoms with Crippen molar-refractivity contribution in [3.05, 3.63) is 47.4 Å². The first-order valence-corrected chi connectivity index (χ1v) is 6.94. The number of hydrogen-bond acceptors (Lipinski definition) is 3. The molecule has 1 rings (SSSR count). The van der Waals surface area contributed by atoms with Gasteiger partial charge in [0.2, 0.25) is 5.91 Å². The zero-order chi connectivity index (χ0) is 15.7. The number of carbonyl (C=O) groups excluding carboxylic acids is 1. The smallest absolute Gasteiger partial charge is 0.237 e. The Bertz CT molecular complexity index is 509. The summed E-state index contributed by atoms with van der Waals surface area (Å²) in [5.74, 6) is -0.500. The van der Waals surface area contributed by atoms with Crippen molar-refractivity contribution >= 4 is 12.1 Å². The highest BCUT2D eigenvalue weighted by Crippen LogP contribution is 2.05. The van der Waals surface area contributed by atoms with E-state index in [0.717, 1.165) is 17.6 Å². The standard InChI is InChI=1S/C16H22FN3O/c1-3-19-11-12(2)8-9-20-16(21)15(18)10-13-4-6-14(17)7-5-13/h3-7,11,15H,8-10,18H2,1-2H3,(H,20,21)/b12-11+,19-3?. The van der Waals surface area contributed by atoms with Crippen LogP contribution in [0.1, 0.15) is 25.8 Å². The molecule has 5 heteroatoms. The fourth-order valence-corrected chi connectivity index (χ4v) is 1.75. The monoisotopic (exact) mass is 291 g/mol. The van der Waals surface area contributed by atoms with Crippen LogP contribution in [0.4, 0.5) is 4.39 Å². The summed E-state index contributed by atoms with van der Waals surface area (Å²) in [5.41, 5.74) is 7.76. The third-order valence-electron chi connectivity index (χ3n) is 2.97. The van der Waals surface area contributed by atoms with Gasteiger partial charge in [-0.1, -0.05) is 17.7 Å². The van der Waals surface area contributed by atoms with Gasteiger partial charge in [-0.25, -0.2) is 4.39 Å². The first-order chi connectivity index (χ1) is 10.0. The molecule has 1 amide bonds. The topological polar surface area (TPSA) is 67.5 Å². The predicted octanol–water partition coefficient (Wildman–Crippen LogP) is 2.20. The minimum absolute atomic E-state index is 0.203. The second kappa shape index (κ2) is 9.02. The van der Waals surface area contributed by atoms with E-state index in [1.165, 1.54) is 12.1 Å². The SMILES string of the molecule is CC=N/C=C(\C)CCNC(=O)C(N)Cc1ccc(F)cc1. The number of aliphatic imine (C=N–C) groups is 1. The maximum atomic E-state index is 12.8. The van der Waals surface area contributed by atoms with Gasteiger partial charge >= 0.3 is 0 Å². The lowest BCUT2D eigenvalue weighted by atomic mass is 10.1. The van der Waals surface area contributed by atoms with Gasteiger partial charge < -0.3 is 11.1 Å². The number of nitrogens with one attached hydrogen (secondary N) is 1. The Morgan fingerprint density at radius 1 is 1.43 bits per heavy atom. The average Bonchev–Trinajstić information content (AvgIpc) is 2.47. The lowest BCUT2D eigenvalue weighted by Gasteiger charge is -2.12. The van der Waals surface area contributed by atoms with Gasteiger partial charge in [0.15, 0.2) is 0 Å². The summed E-state index contributed by atoms with van der Waals surface area (Å²) >= 11 is 0. The lowest BCUT2D eigenvalue weighted by Crippen LogP contribution is -2.42. The van der Waals surface area contributed by atoms with E-state index in [-0.39, 0.29) is 11.7 Å². The molecule has 0 aliphatic rings. The van der Waals surface area contributed by atoms with Crippen LogP contribution in [0.5, 0.6) is 0 Å². The van der Waals surface area contributed by atoms with E-state index < -0.39 is 6.04 Å². The zero-order valence-electron chi connectivity index (χ0n) is 12.5. The molecule has 114 valence electrons. The third kappa shape index (κ3) is 6.81. The number of benzene rings is 1. The molecule has 1 atom stereocenters. The third-order valence-corrected chi connectivity index (χ3v) is 2.97. The first kappa shape index (κ1) is 17.0. The molecule has 21 heavy (non-hydrogen) atoms. The van der Waals surface area contributed by atoms with Crippen molar-refractivity contribution in [2.45, 2.75) is 32.7 Å². The summed E-state index contributed by atoms with van der Waals surface area (Å²) in [6.45, 7) is 4.33. The van der Waals surface area contributed by atoms with Crippen LogP contribution in [0.15, 0.2) is 41.0 Å². The van der Waals surface area contributed by atoms with Crippen LogP contribution in [-0.2, 0) is 11.2 Å². The van der Waals surface area contributed by atoms with Crippen molar-refractivity contribution in [1.82, 2.24) is 5.32 Å². The molecule has 0 aliphatic carbocycles. The number of hydrogen-bond donors (Lipinski definition) is 2. The maximum Gasteiger partial charge on any atom is 0.237 e. The van der Waals surface area contributed by atoms with Crippen molar-refractivity contribution in [2.75, 3.05) is 6.54 Å². The molecule has 0 aromatic heterocycles. The molecule has 0 spiro atoms. The molecular weight excluding hydrogens is 269 g/mol. The van der Waals surface area contributed by atoms with Gasteiger partial charge in [-0.05, 0) is 44.4 Å². The number of halogens is 1. The van der Waals surface area contributed by atoms with Crippen LogP contribution >= 0.6 is 0 Å². The molecule has 0 fully saturated rings. The molecule has 1 aromatic rings. The highest BCUT2D eigenvalue weighted by molar-refractivity contribution is 5.81. The molecule has 0 saturated heterocycles. The van der Waals surface area contributed by atoms with Crippen LogP contribution in [-0.4, -0.2) is 24.7 Å². The maximum absolute atomic E-state index is 12.8. The highest BCUT2D eigenvalue weighted by Gasteiger charge is 2.13. The molecule has 0 saturated carbocycles. The van der Waals surface area contributed by atoms with E-state index in [1.807, 2.05) is 13.8 Å². The minimum Gasteiger partial charge on any atom is -0.354 e. The van der Waals surface area contributed by atoms with Crippen molar-refractivity contribution < 1.29 is 9.18 Å². The Morgan fingerprint density at radius 3 is 2.71 bits per heavy atom. The number of amides is 1. The zero-order valence-corrected chi connectivity index (χ0v) is 12.5. The van der Waals surface area contributed by atoms with Crippen LogP contribution in [0.2, 0.25) is 0 Å². The van der Waals surface area contributed by atoms with Gasteiger partial charge in [0.25, 0.3) is 0 Å². The summed E-state index contributed by atoms with van der Waals surface area (Å²) in [6, 6.07) is 5.37. The number of carbonyl (C=O) groups is 1. The summed E-state index contributed by atoms with van der Waals surface area (Å²) in [6.07, 6.45) is 4.60. The Labute approximate surface area is 125 Å². The Hall–Kier alpha value is -2.01. The largest absolute Gasteiger partial charge is 0.354 e. The summed E-state index contributed by atoms with van der Waals surface area (Å²) in [4.78, 5) is 15.9. The van der Waals surface area contributed by atoms with Crippen molar-refractivity contribution in [3.8, 4) is 0 Å². The molecule has 0 bridgehead atoms. The molecule has 0 radical (unpaired) electrons. The molecule has 0 aliphatic heterocycles. The van der Waals surface area contributed by atoms with E-state index in [9.17, 15) is 9.18 Å². The van der Waals surface area contributed by atoms with Gasteiger partial charge in [0, 0.05) is 19.0 Å². The molecule has 1 unspecified atom stereocenters. The molecule has 0 heterocycles. The lowest BCUT2D eigenvalue weighted by molar-refractivity contribution is -0.122. The van der Waals surface area contributed by atoms with E-state index >= 15 is 0 Å². The quantitative estimate of drug-likeness (QED) is 0.756. The average molecular weight is 291 g/mol. The van der Waals surface area contributed by atoms with Gasteiger partial charge in [0.05, 0.1) is 6.04 Å². The fraction of sp³-hybridized carbons (Fsp3) is 0.375. The number of rotatable bonds is 7. The second-order valence-electron chi connectivity index (χ2n) is 4.86. The highest BCUT2D eigenvalue weighted by atomic mass is 19.1. The van der Waals surface area contributed by atoms with Crippen LogP contribution < -0.4 is 11.1 Å². The molecule has 1 aromatic carbocycles. The van der Waals surface area contributed by atoms with Crippen molar-refractivity contribution in [1.29, 1.82) is 0 Å². The van der Waals surface area contributed by atoms with Gasteiger partial charge in [0.1, 0.15) is 5.82 Å². The van der Waals surface area contributed by atoms with E-state index in [2.05, 4.69) is 10.3 Å². The van der Waals surface area contributed by atoms with Gasteiger partial charge in [-0.3, -0.25) is 9.79 Å². The van der Waals surface area contributed by atoms with Crippen LogP contribution in [0, 0.1) is 5.82 Å². The normalized spacial score (nSPS) is 13.4. The van der Waals surface area contributed by atoms with Crippen molar-refractivity contribution in [3.63, 3.8) is 0 Å². The Morgan fingerprint density at radius 2 is 2.10 bits per heavy atom. The summed E-state index contributed by atoms with van der Waals surface area (Å²) < 4.78 is 12.8. The predicted molar refractivity (Wildman–Crippen MR) is 83.6 cm³/mol. The van der Waals surface area contributed by atoms with Crippen LogP contribution in [0.3, 0.4) is 0 Å². The fourth-order valence-electron chi connectivity index (χ4n) is 1.75. The van der Waals surface area contributed by atoms with Gasteiger partial charge in [-0.15, -0.1) is 0 Å². The molecule has 3 N–H and O–H groups in total. The molecule has 4 nitrogen and oxygen atoms in total. The number of nitrogens with zero attached hydrogens (tertiary/aromatic N) is 1. The Kier molecular flexibility index (Phi) is 7.32. The van der Waals surface area contributed by atoms with E-state index in [1.54, 1.807) is 24.5 Å². The van der Waals surface area contributed by atoms with E-state index in [4.69, 9.17) is 5.73 Å². The van der Waals surface area contributed by atoms with E-state index in [0.29, 0.717) is 13.0 Å². The Balaban J connectivity index is 2.36. The molecular formula is C16H22FN3O. The van der Waals surface area contributed by atoms with Gasteiger partial charge in [-0.2, -0.15) is 0 Å². The second-order valence-corrected chi connectivity index (χ2v) is 4.86. The summed E-state index contributed by atoms with van der Waals surface area (Å²) in [7, 11) is 0. The number of nitrogens with two attached hydrogens (primary N) is 1. The minimum atomic E-state index is -0.631. The first-order valence-electron chi connectivity index (χ1n) is 6.94. The van der Waals surface area contributed by atoms with Crippen LogP contribution in [0.25, 0.3) is 0 Å².